The minimum atomic E-state index is -0.760. The van der Waals surface area contributed by atoms with Gasteiger partial charge in [0.2, 0.25) is 0 Å². The van der Waals surface area contributed by atoms with Gasteiger partial charge in [-0.15, -0.1) is 0 Å². The molecule has 2 aliphatic carbocycles. The first-order chi connectivity index (χ1) is 10.0. The highest BCUT2D eigenvalue weighted by molar-refractivity contribution is 4.98. The molecular formula is C16H28O5. The number of fused-ring (bicyclic) bond motifs is 3. The van der Waals surface area contributed by atoms with Crippen molar-refractivity contribution in [1.29, 1.82) is 0 Å². The van der Waals surface area contributed by atoms with Crippen LogP contribution in [0, 0.1) is 23.7 Å². The van der Waals surface area contributed by atoms with E-state index >= 15 is 0 Å². The summed E-state index contributed by atoms with van der Waals surface area (Å²) < 4.78 is 11.2. The first-order valence-corrected chi connectivity index (χ1v) is 8.23. The Labute approximate surface area is 126 Å². The SMILES string of the molecule is CO[C@H]1CC2C(CC1O)OC(O)C1CC(C(C)O)CC[C@@H]12. The lowest BCUT2D eigenvalue weighted by atomic mass is 9.61. The minimum Gasteiger partial charge on any atom is -0.393 e. The molecule has 7 unspecified atom stereocenters. The molecule has 0 aromatic heterocycles. The number of hydrogen-bond donors (Lipinski definition) is 3. The number of aliphatic hydroxyl groups is 3. The average Bonchev–Trinajstić information content (AvgIpc) is 2.46. The predicted octanol–water partition coefficient (Wildman–Crippen LogP) is 0.903. The summed E-state index contributed by atoms with van der Waals surface area (Å²) in [4.78, 5) is 0. The van der Waals surface area contributed by atoms with Crippen LogP contribution in [0.2, 0.25) is 0 Å². The summed E-state index contributed by atoms with van der Waals surface area (Å²) in [5.41, 5.74) is 0. The maximum atomic E-state index is 10.3. The van der Waals surface area contributed by atoms with E-state index in [2.05, 4.69) is 0 Å². The Hall–Kier alpha value is -0.200. The van der Waals surface area contributed by atoms with Crippen LogP contribution in [0.4, 0.5) is 0 Å². The molecule has 1 heterocycles. The van der Waals surface area contributed by atoms with Crippen molar-refractivity contribution >= 4 is 0 Å². The molecule has 5 nitrogen and oxygen atoms in total. The van der Waals surface area contributed by atoms with Crippen molar-refractivity contribution in [2.45, 2.75) is 69.7 Å². The molecule has 21 heavy (non-hydrogen) atoms. The van der Waals surface area contributed by atoms with E-state index in [1.165, 1.54) is 0 Å². The smallest absolute Gasteiger partial charge is 0.158 e. The zero-order chi connectivity index (χ0) is 15.1. The maximum absolute atomic E-state index is 10.3. The highest BCUT2D eigenvalue weighted by atomic mass is 16.6. The van der Waals surface area contributed by atoms with Gasteiger partial charge in [0, 0.05) is 19.4 Å². The molecular weight excluding hydrogens is 272 g/mol. The summed E-state index contributed by atoms with van der Waals surface area (Å²) in [5.74, 6) is 1.13. The van der Waals surface area contributed by atoms with Gasteiger partial charge < -0.3 is 24.8 Å². The molecule has 3 N–H and O–H groups in total. The summed E-state index contributed by atoms with van der Waals surface area (Å²) in [6, 6.07) is 0. The fourth-order valence-electron chi connectivity index (χ4n) is 4.84. The number of rotatable bonds is 2. The second kappa shape index (κ2) is 6.13. The molecule has 0 bridgehead atoms. The van der Waals surface area contributed by atoms with E-state index < -0.39 is 12.4 Å². The topological polar surface area (TPSA) is 79.2 Å². The number of aliphatic hydroxyl groups excluding tert-OH is 3. The van der Waals surface area contributed by atoms with Crippen LogP contribution >= 0.6 is 0 Å². The fourth-order valence-corrected chi connectivity index (χ4v) is 4.84. The van der Waals surface area contributed by atoms with Gasteiger partial charge in [0.05, 0.1) is 24.4 Å². The van der Waals surface area contributed by atoms with E-state index in [9.17, 15) is 15.3 Å². The molecule has 3 aliphatic rings. The molecule has 9 atom stereocenters. The van der Waals surface area contributed by atoms with E-state index in [4.69, 9.17) is 9.47 Å². The highest BCUT2D eigenvalue weighted by Crippen LogP contribution is 2.50. The average molecular weight is 300 g/mol. The van der Waals surface area contributed by atoms with Crippen LogP contribution in [-0.4, -0.2) is 53.1 Å². The largest absolute Gasteiger partial charge is 0.393 e. The lowest BCUT2D eigenvalue weighted by molar-refractivity contribution is -0.269. The first kappa shape index (κ1) is 15.7. The molecule has 5 heteroatoms. The van der Waals surface area contributed by atoms with Crippen LogP contribution in [0.1, 0.15) is 39.0 Å². The summed E-state index contributed by atoms with van der Waals surface area (Å²) in [5, 5.41) is 30.2. The lowest BCUT2D eigenvalue weighted by Crippen LogP contribution is -2.56. The molecule has 1 aliphatic heterocycles. The van der Waals surface area contributed by atoms with Crippen molar-refractivity contribution in [1.82, 2.24) is 0 Å². The van der Waals surface area contributed by atoms with Gasteiger partial charge in [-0.05, 0) is 50.4 Å². The van der Waals surface area contributed by atoms with E-state index in [1.807, 2.05) is 6.92 Å². The summed E-state index contributed by atoms with van der Waals surface area (Å²) in [6.45, 7) is 1.84. The van der Waals surface area contributed by atoms with Crippen LogP contribution in [0.15, 0.2) is 0 Å². The van der Waals surface area contributed by atoms with Crippen LogP contribution in [0.25, 0.3) is 0 Å². The van der Waals surface area contributed by atoms with Gasteiger partial charge in [-0.3, -0.25) is 0 Å². The van der Waals surface area contributed by atoms with Crippen LogP contribution in [0.5, 0.6) is 0 Å². The third-order valence-electron chi connectivity index (χ3n) is 6.10. The van der Waals surface area contributed by atoms with Crippen molar-refractivity contribution in [3.63, 3.8) is 0 Å². The molecule has 0 radical (unpaired) electrons. The quantitative estimate of drug-likeness (QED) is 0.706. The monoisotopic (exact) mass is 300 g/mol. The van der Waals surface area contributed by atoms with Crippen molar-refractivity contribution < 1.29 is 24.8 Å². The van der Waals surface area contributed by atoms with Gasteiger partial charge in [0.15, 0.2) is 6.29 Å². The molecule has 0 amide bonds. The number of hydrogen-bond acceptors (Lipinski definition) is 5. The Morgan fingerprint density at radius 3 is 2.48 bits per heavy atom. The van der Waals surface area contributed by atoms with E-state index in [1.54, 1.807) is 7.11 Å². The lowest BCUT2D eigenvalue weighted by Gasteiger charge is -2.53. The summed E-state index contributed by atoms with van der Waals surface area (Å²) >= 11 is 0. The molecule has 2 saturated carbocycles. The van der Waals surface area contributed by atoms with Gasteiger partial charge in [-0.1, -0.05) is 0 Å². The second-order valence-electron chi connectivity index (χ2n) is 7.18. The summed E-state index contributed by atoms with van der Waals surface area (Å²) in [6.07, 6.45) is 2.43. The number of methoxy groups -OCH3 is 1. The van der Waals surface area contributed by atoms with Crippen molar-refractivity contribution in [2.75, 3.05) is 7.11 Å². The van der Waals surface area contributed by atoms with Gasteiger partial charge in [0.25, 0.3) is 0 Å². The van der Waals surface area contributed by atoms with Gasteiger partial charge in [-0.2, -0.15) is 0 Å². The molecule has 1 saturated heterocycles. The Morgan fingerprint density at radius 2 is 1.81 bits per heavy atom. The Kier molecular flexibility index (Phi) is 4.58. The molecule has 3 fully saturated rings. The van der Waals surface area contributed by atoms with E-state index in [0.29, 0.717) is 18.3 Å². The van der Waals surface area contributed by atoms with Gasteiger partial charge in [0.1, 0.15) is 0 Å². The molecule has 0 aromatic rings. The molecule has 0 aromatic carbocycles. The third kappa shape index (κ3) is 2.86. The maximum Gasteiger partial charge on any atom is 0.158 e. The summed E-state index contributed by atoms with van der Waals surface area (Å²) in [7, 11) is 1.65. The first-order valence-electron chi connectivity index (χ1n) is 8.23. The Balaban J connectivity index is 1.74. The standard InChI is InChI=1S/C16H28O5/c1-8(17)9-3-4-10-11-6-15(20-2)13(18)7-14(11)21-16(19)12(10)5-9/h8-19H,3-7H2,1-2H3/t8?,9?,10-,11?,12?,13?,14?,15+,16?/m1/s1. The number of ether oxygens (including phenoxy) is 2. The van der Waals surface area contributed by atoms with Crippen LogP contribution in [-0.2, 0) is 9.47 Å². The Morgan fingerprint density at radius 1 is 1.05 bits per heavy atom. The van der Waals surface area contributed by atoms with Gasteiger partial charge >= 0.3 is 0 Å². The van der Waals surface area contributed by atoms with Crippen molar-refractivity contribution in [3.8, 4) is 0 Å². The van der Waals surface area contributed by atoms with Gasteiger partial charge in [-0.25, -0.2) is 0 Å². The van der Waals surface area contributed by atoms with Crippen LogP contribution in [0.3, 0.4) is 0 Å². The minimum absolute atomic E-state index is 0.0641. The second-order valence-corrected chi connectivity index (χ2v) is 7.18. The van der Waals surface area contributed by atoms with Crippen LogP contribution < -0.4 is 0 Å². The molecule has 122 valence electrons. The zero-order valence-electron chi connectivity index (χ0n) is 12.9. The highest BCUT2D eigenvalue weighted by Gasteiger charge is 2.51. The third-order valence-corrected chi connectivity index (χ3v) is 6.10. The van der Waals surface area contributed by atoms with Crippen molar-refractivity contribution in [3.05, 3.63) is 0 Å². The van der Waals surface area contributed by atoms with E-state index in [0.717, 1.165) is 25.7 Å². The molecule has 3 rings (SSSR count). The molecule has 0 spiro atoms. The fraction of sp³-hybridized carbons (Fsp3) is 1.00. The van der Waals surface area contributed by atoms with Crippen molar-refractivity contribution in [2.24, 2.45) is 23.7 Å². The predicted molar refractivity (Wildman–Crippen MR) is 76.4 cm³/mol. The normalized spacial score (nSPS) is 51.9. The zero-order valence-corrected chi connectivity index (χ0v) is 12.9. The van der Waals surface area contributed by atoms with E-state index in [-0.39, 0.29) is 30.1 Å². The Bertz CT molecular complexity index is 361.